The molecule has 0 N–H and O–H groups in total. The van der Waals surface area contributed by atoms with Gasteiger partial charge in [0.1, 0.15) is 11.5 Å². The van der Waals surface area contributed by atoms with Gasteiger partial charge >= 0.3 is 7.12 Å². The first kappa shape index (κ1) is 17.3. The Morgan fingerprint density at radius 1 is 1.00 bits per heavy atom. The van der Waals surface area contributed by atoms with Gasteiger partial charge in [-0.3, -0.25) is 0 Å². The summed E-state index contributed by atoms with van der Waals surface area (Å²) in [7, 11) is -0.994. The predicted octanol–water partition coefficient (Wildman–Crippen LogP) is 5.50. The molecule has 6 heteroatoms. The minimum atomic E-state index is -0.994. The molecule has 1 aromatic carbocycles. The molecule has 0 radical (unpaired) electrons. The summed E-state index contributed by atoms with van der Waals surface area (Å²) < 4.78 is 38.9. The fourth-order valence-corrected chi connectivity index (χ4v) is 3.31. The Kier molecular flexibility index (Phi) is 4.40. The average molecular weight is 348 g/mol. The van der Waals surface area contributed by atoms with Crippen LogP contribution < -0.4 is 0 Å². The zero-order valence-corrected chi connectivity index (χ0v) is 14.9. The normalized spacial score (nSPS) is 19.8. The first-order valence-electron chi connectivity index (χ1n) is 7.76. The van der Waals surface area contributed by atoms with E-state index in [0.717, 1.165) is 15.3 Å². The van der Waals surface area contributed by atoms with Gasteiger partial charge in [0.05, 0.1) is 11.2 Å². The van der Waals surface area contributed by atoms with E-state index in [4.69, 9.17) is 9.31 Å². The standard InChI is InChI=1S/C18H19BF2O2S/c1-17(2)18(3,4)23-19(22-17)16(21)11-14-9-10-15(24-14)12-5-7-13(20)8-6-12/h5-11H,1-4H3. The lowest BCUT2D eigenvalue weighted by Crippen LogP contribution is -2.41. The van der Waals surface area contributed by atoms with Crippen molar-refractivity contribution in [2.45, 2.75) is 38.9 Å². The molecule has 0 spiro atoms. The van der Waals surface area contributed by atoms with Gasteiger partial charge in [-0.1, -0.05) is 12.1 Å². The molecular formula is C18H19BF2O2S. The fourth-order valence-electron chi connectivity index (χ4n) is 2.36. The highest BCUT2D eigenvalue weighted by molar-refractivity contribution is 7.16. The lowest BCUT2D eigenvalue weighted by Gasteiger charge is -2.32. The lowest BCUT2D eigenvalue weighted by atomic mass is 9.87. The Labute approximate surface area is 145 Å². The maximum Gasteiger partial charge on any atom is 0.525 e. The molecule has 3 rings (SSSR count). The molecular weight excluding hydrogens is 329 g/mol. The topological polar surface area (TPSA) is 18.5 Å². The van der Waals surface area contributed by atoms with E-state index in [2.05, 4.69) is 0 Å². The van der Waals surface area contributed by atoms with Gasteiger partial charge in [-0.25, -0.2) is 8.78 Å². The Morgan fingerprint density at radius 3 is 2.17 bits per heavy atom. The van der Waals surface area contributed by atoms with Crippen LogP contribution >= 0.6 is 11.3 Å². The second-order valence-electron chi connectivity index (χ2n) is 6.83. The minimum Gasteiger partial charge on any atom is -0.398 e. The third kappa shape index (κ3) is 3.32. The van der Waals surface area contributed by atoms with Crippen molar-refractivity contribution >= 4 is 24.5 Å². The highest BCUT2D eigenvalue weighted by Gasteiger charge is 2.53. The van der Waals surface area contributed by atoms with Crippen molar-refractivity contribution in [2.75, 3.05) is 0 Å². The van der Waals surface area contributed by atoms with Crippen molar-refractivity contribution in [3.05, 3.63) is 52.8 Å². The van der Waals surface area contributed by atoms with Gasteiger partial charge < -0.3 is 9.31 Å². The summed E-state index contributed by atoms with van der Waals surface area (Å²) in [6.45, 7) is 7.55. The Bertz CT molecular complexity index is 750. The molecule has 24 heavy (non-hydrogen) atoms. The van der Waals surface area contributed by atoms with Crippen LogP contribution in [0.3, 0.4) is 0 Å². The van der Waals surface area contributed by atoms with Crippen molar-refractivity contribution in [1.29, 1.82) is 0 Å². The quantitative estimate of drug-likeness (QED) is 0.683. The number of hydrogen-bond acceptors (Lipinski definition) is 3. The van der Waals surface area contributed by atoms with Crippen LogP contribution in [0.5, 0.6) is 0 Å². The molecule has 0 bridgehead atoms. The monoisotopic (exact) mass is 348 g/mol. The average Bonchev–Trinajstić information content (AvgIpc) is 3.02. The zero-order valence-electron chi connectivity index (χ0n) is 14.1. The predicted molar refractivity (Wildman–Crippen MR) is 94.9 cm³/mol. The molecule has 1 aliphatic heterocycles. The maximum atomic E-state index is 14.5. The van der Waals surface area contributed by atoms with Crippen LogP contribution in [-0.2, 0) is 9.31 Å². The van der Waals surface area contributed by atoms with Crippen LogP contribution in [0, 0.1) is 5.82 Å². The largest absolute Gasteiger partial charge is 0.525 e. The first-order chi connectivity index (χ1) is 11.2. The van der Waals surface area contributed by atoms with Gasteiger partial charge in [-0.15, -0.1) is 11.3 Å². The van der Waals surface area contributed by atoms with Crippen molar-refractivity contribution in [3.63, 3.8) is 0 Å². The molecule has 1 aliphatic rings. The van der Waals surface area contributed by atoms with Gasteiger partial charge in [0.25, 0.3) is 0 Å². The van der Waals surface area contributed by atoms with Crippen molar-refractivity contribution in [2.24, 2.45) is 0 Å². The minimum absolute atomic E-state index is 0.276. The number of hydrogen-bond donors (Lipinski definition) is 0. The number of rotatable bonds is 3. The third-order valence-corrected chi connectivity index (χ3v) is 5.60. The highest BCUT2D eigenvalue weighted by atomic mass is 32.1. The van der Waals surface area contributed by atoms with E-state index in [9.17, 15) is 8.78 Å². The second kappa shape index (κ2) is 6.10. The van der Waals surface area contributed by atoms with Crippen LogP contribution in [0.4, 0.5) is 8.78 Å². The van der Waals surface area contributed by atoms with Crippen LogP contribution in [0.25, 0.3) is 16.5 Å². The molecule has 0 aliphatic carbocycles. The summed E-state index contributed by atoms with van der Waals surface area (Å²) in [5, 5.41) is 0. The fraction of sp³-hybridized carbons (Fsp3) is 0.333. The number of halogens is 2. The molecule has 0 atom stereocenters. The highest BCUT2D eigenvalue weighted by Crippen LogP contribution is 2.39. The van der Waals surface area contributed by atoms with Crippen LogP contribution in [0.15, 0.2) is 42.1 Å². The molecule has 1 aromatic heterocycles. The second-order valence-corrected chi connectivity index (χ2v) is 7.94. The SMILES string of the molecule is CC1(C)OB(C(F)=Cc2ccc(-c3ccc(F)cc3)s2)OC1(C)C. The summed E-state index contributed by atoms with van der Waals surface area (Å²) in [6.07, 6.45) is 1.43. The van der Waals surface area contributed by atoms with E-state index in [1.165, 1.54) is 29.5 Å². The molecule has 126 valence electrons. The Balaban J connectivity index is 1.79. The van der Waals surface area contributed by atoms with E-state index >= 15 is 0 Å². The maximum absolute atomic E-state index is 14.5. The first-order valence-corrected chi connectivity index (χ1v) is 8.58. The zero-order chi connectivity index (χ0) is 17.5. The Morgan fingerprint density at radius 2 is 1.58 bits per heavy atom. The number of benzene rings is 1. The summed E-state index contributed by atoms with van der Waals surface area (Å²) >= 11 is 1.43. The Hall–Kier alpha value is -1.50. The van der Waals surface area contributed by atoms with E-state index < -0.39 is 24.0 Å². The molecule has 2 nitrogen and oxygen atoms in total. The smallest absolute Gasteiger partial charge is 0.398 e. The van der Waals surface area contributed by atoms with Gasteiger partial charge in [-0.05, 0) is 63.6 Å². The van der Waals surface area contributed by atoms with Crippen LogP contribution in [0.1, 0.15) is 32.6 Å². The van der Waals surface area contributed by atoms with Crippen LogP contribution in [0.2, 0.25) is 0 Å². The molecule has 1 fully saturated rings. The summed E-state index contributed by atoms with van der Waals surface area (Å²) in [5.41, 5.74) is -0.701. The number of thiophene rings is 1. The van der Waals surface area contributed by atoms with E-state index in [0.29, 0.717) is 0 Å². The van der Waals surface area contributed by atoms with Gasteiger partial charge in [0, 0.05) is 9.75 Å². The summed E-state index contributed by atoms with van der Waals surface area (Å²) in [4.78, 5) is 1.70. The van der Waals surface area contributed by atoms with Gasteiger partial charge in [0.2, 0.25) is 0 Å². The van der Waals surface area contributed by atoms with E-state index in [1.807, 2.05) is 39.8 Å². The molecule has 2 aromatic rings. The van der Waals surface area contributed by atoms with Crippen molar-refractivity contribution < 1.29 is 18.1 Å². The molecule has 0 amide bonds. The summed E-state index contributed by atoms with van der Waals surface area (Å²) in [5.74, 6) is -0.276. The van der Waals surface area contributed by atoms with Crippen molar-refractivity contribution in [3.8, 4) is 10.4 Å². The van der Waals surface area contributed by atoms with E-state index in [1.54, 1.807) is 12.1 Å². The molecule has 0 unspecified atom stereocenters. The molecule has 0 saturated carbocycles. The third-order valence-electron chi connectivity index (χ3n) is 4.51. The van der Waals surface area contributed by atoms with Gasteiger partial charge in [0.15, 0.2) is 0 Å². The van der Waals surface area contributed by atoms with Crippen LogP contribution in [-0.4, -0.2) is 18.3 Å². The molecule has 2 heterocycles. The molecule has 1 saturated heterocycles. The summed E-state index contributed by atoms with van der Waals surface area (Å²) in [6, 6.07) is 9.96. The van der Waals surface area contributed by atoms with E-state index in [-0.39, 0.29) is 5.82 Å². The van der Waals surface area contributed by atoms with Crippen molar-refractivity contribution in [1.82, 2.24) is 0 Å². The lowest BCUT2D eigenvalue weighted by molar-refractivity contribution is 0.00578. The van der Waals surface area contributed by atoms with Gasteiger partial charge in [-0.2, -0.15) is 0 Å².